The molecule has 1 aromatic carbocycles. The first kappa shape index (κ1) is 13.1. The van der Waals surface area contributed by atoms with Gasteiger partial charge in [-0.1, -0.05) is 30.3 Å². The van der Waals surface area contributed by atoms with Gasteiger partial charge in [-0.2, -0.15) is 15.0 Å². The van der Waals surface area contributed by atoms with E-state index in [1.54, 1.807) is 0 Å². The molecule has 1 atom stereocenters. The van der Waals surface area contributed by atoms with Crippen molar-refractivity contribution in [2.45, 2.75) is 19.4 Å². The largest absolute Gasteiger partial charge is 0.351 e. The summed E-state index contributed by atoms with van der Waals surface area (Å²) in [6.45, 7) is 2.04. The minimum atomic E-state index is 0.0874. The lowest BCUT2D eigenvalue weighted by atomic mass is 10.1. The van der Waals surface area contributed by atoms with E-state index < -0.39 is 0 Å². The Bertz CT molecular complexity index is 498. The molecule has 1 aromatic heterocycles. The van der Waals surface area contributed by atoms with Gasteiger partial charge in [-0.3, -0.25) is 0 Å². The van der Waals surface area contributed by atoms with Crippen LogP contribution in [0.3, 0.4) is 0 Å². The predicted octanol–water partition coefficient (Wildman–Crippen LogP) is 3.22. The molecule has 0 amide bonds. The molecule has 0 fully saturated rings. The lowest BCUT2D eigenvalue weighted by molar-refractivity contribution is 0.774. The molecule has 0 saturated carbocycles. The van der Waals surface area contributed by atoms with Crippen molar-refractivity contribution in [3.63, 3.8) is 0 Å². The average Bonchev–Trinajstić information content (AvgIpc) is 2.28. The van der Waals surface area contributed by atoms with Crippen LogP contribution in [0.5, 0.6) is 0 Å². The van der Waals surface area contributed by atoms with Crippen LogP contribution in [0.4, 0.5) is 5.95 Å². The highest BCUT2D eigenvalue weighted by Crippen LogP contribution is 2.12. The fraction of sp³-hybridized carbons (Fsp3) is 0.250. The van der Waals surface area contributed by atoms with Gasteiger partial charge in [0.05, 0.1) is 0 Å². The Morgan fingerprint density at radius 2 is 1.67 bits per heavy atom. The third kappa shape index (κ3) is 3.82. The SMILES string of the molecule is CC(Cc1ccccc1)Nc1nc(Cl)nc(Cl)n1. The molecule has 0 aliphatic carbocycles. The van der Waals surface area contributed by atoms with Crippen LogP contribution in [-0.4, -0.2) is 21.0 Å². The monoisotopic (exact) mass is 282 g/mol. The van der Waals surface area contributed by atoms with Gasteiger partial charge in [0.25, 0.3) is 0 Å². The summed E-state index contributed by atoms with van der Waals surface area (Å²) in [7, 11) is 0. The molecule has 0 bridgehead atoms. The first-order valence-corrected chi connectivity index (χ1v) is 6.26. The Labute approximate surface area is 115 Å². The van der Waals surface area contributed by atoms with Gasteiger partial charge in [-0.15, -0.1) is 0 Å². The van der Waals surface area contributed by atoms with E-state index in [9.17, 15) is 0 Å². The third-order valence-electron chi connectivity index (χ3n) is 2.34. The number of nitrogens with one attached hydrogen (secondary N) is 1. The van der Waals surface area contributed by atoms with Crippen molar-refractivity contribution >= 4 is 29.2 Å². The van der Waals surface area contributed by atoms with Crippen molar-refractivity contribution in [2.24, 2.45) is 0 Å². The van der Waals surface area contributed by atoms with E-state index in [1.807, 2.05) is 25.1 Å². The molecule has 0 spiro atoms. The van der Waals surface area contributed by atoms with Gasteiger partial charge in [-0.05, 0) is 42.1 Å². The lowest BCUT2D eigenvalue weighted by Crippen LogP contribution is -2.20. The first-order valence-electron chi connectivity index (χ1n) is 5.51. The summed E-state index contributed by atoms with van der Waals surface area (Å²) in [6, 6.07) is 10.3. The van der Waals surface area contributed by atoms with Crippen molar-refractivity contribution < 1.29 is 0 Å². The minimum absolute atomic E-state index is 0.0874. The normalized spacial score (nSPS) is 12.2. The van der Waals surface area contributed by atoms with Crippen molar-refractivity contribution in [3.8, 4) is 0 Å². The number of hydrogen-bond donors (Lipinski definition) is 1. The quantitative estimate of drug-likeness (QED) is 0.936. The van der Waals surface area contributed by atoms with Crippen LogP contribution in [0.1, 0.15) is 12.5 Å². The number of anilines is 1. The maximum atomic E-state index is 5.71. The predicted molar refractivity (Wildman–Crippen MR) is 73.1 cm³/mol. The zero-order valence-corrected chi connectivity index (χ0v) is 11.3. The van der Waals surface area contributed by atoms with Crippen molar-refractivity contribution in [3.05, 3.63) is 46.5 Å². The Morgan fingerprint density at radius 3 is 2.28 bits per heavy atom. The van der Waals surface area contributed by atoms with Gasteiger partial charge in [-0.25, -0.2) is 0 Å². The highest BCUT2D eigenvalue weighted by atomic mass is 35.5. The third-order valence-corrected chi connectivity index (χ3v) is 2.68. The van der Waals surface area contributed by atoms with E-state index in [1.165, 1.54) is 5.56 Å². The highest BCUT2D eigenvalue weighted by Gasteiger charge is 2.07. The zero-order valence-electron chi connectivity index (χ0n) is 9.77. The molecule has 18 heavy (non-hydrogen) atoms. The fourth-order valence-corrected chi connectivity index (χ4v) is 1.99. The van der Waals surface area contributed by atoms with E-state index in [2.05, 4.69) is 32.4 Å². The molecule has 6 heteroatoms. The molecular weight excluding hydrogens is 271 g/mol. The van der Waals surface area contributed by atoms with E-state index in [0.717, 1.165) is 6.42 Å². The molecule has 4 nitrogen and oxygen atoms in total. The molecule has 0 saturated heterocycles. The molecule has 94 valence electrons. The van der Waals surface area contributed by atoms with Crippen LogP contribution in [0.25, 0.3) is 0 Å². The van der Waals surface area contributed by atoms with E-state index in [-0.39, 0.29) is 16.6 Å². The summed E-state index contributed by atoms with van der Waals surface area (Å²) in [5, 5.41) is 3.32. The summed E-state index contributed by atoms with van der Waals surface area (Å²) in [4.78, 5) is 11.6. The maximum absolute atomic E-state index is 5.71. The van der Waals surface area contributed by atoms with Crippen LogP contribution in [0.2, 0.25) is 10.6 Å². The minimum Gasteiger partial charge on any atom is -0.351 e. The summed E-state index contributed by atoms with van der Waals surface area (Å²) in [5.74, 6) is 0.392. The van der Waals surface area contributed by atoms with Crippen molar-refractivity contribution in [1.82, 2.24) is 15.0 Å². The van der Waals surface area contributed by atoms with Crippen LogP contribution < -0.4 is 5.32 Å². The van der Waals surface area contributed by atoms with Crippen LogP contribution >= 0.6 is 23.2 Å². The molecule has 0 radical (unpaired) electrons. The topological polar surface area (TPSA) is 50.7 Å². The number of nitrogens with zero attached hydrogens (tertiary/aromatic N) is 3. The molecule has 1 heterocycles. The van der Waals surface area contributed by atoms with Gasteiger partial charge in [0.15, 0.2) is 0 Å². The second-order valence-electron chi connectivity index (χ2n) is 3.93. The van der Waals surface area contributed by atoms with E-state index in [0.29, 0.717) is 5.95 Å². The summed E-state index contributed by atoms with van der Waals surface area (Å²) < 4.78 is 0. The van der Waals surface area contributed by atoms with E-state index in [4.69, 9.17) is 23.2 Å². The smallest absolute Gasteiger partial charge is 0.228 e. The van der Waals surface area contributed by atoms with E-state index >= 15 is 0 Å². The Balaban J connectivity index is 2.01. The molecular formula is C12H12Cl2N4. The van der Waals surface area contributed by atoms with Gasteiger partial charge in [0.1, 0.15) is 0 Å². The molecule has 2 aromatic rings. The first-order chi connectivity index (χ1) is 8.63. The Hall–Kier alpha value is -1.39. The lowest BCUT2D eigenvalue weighted by Gasteiger charge is -2.13. The second kappa shape index (κ2) is 5.98. The Kier molecular flexibility index (Phi) is 4.33. The molecule has 0 aliphatic heterocycles. The molecule has 1 unspecified atom stereocenters. The van der Waals surface area contributed by atoms with Crippen molar-refractivity contribution in [1.29, 1.82) is 0 Å². The summed E-state index contributed by atoms with van der Waals surface area (Å²) in [5.41, 5.74) is 1.24. The zero-order chi connectivity index (χ0) is 13.0. The number of benzene rings is 1. The fourth-order valence-electron chi connectivity index (χ4n) is 1.63. The molecule has 2 rings (SSSR count). The summed E-state index contributed by atoms with van der Waals surface area (Å²) in [6.07, 6.45) is 0.863. The average molecular weight is 283 g/mol. The Morgan fingerprint density at radius 1 is 1.06 bits per heavy atom. The van der Waals surface area contributed by atoms with Gasteiger partial charge in [0, 0.05) is 6.04 Å². The van der Waals surface area contributed by atoms with Gasteiger partial charge < -0.3 is 5.32 Å². The van der Waals surface area contributed by atoms with Crippen LogP contribution in [0.15, 0.2) is 30.3 Å². The van der Waals surface area contributed by atoms with Crippen LogP contribution in [0, 0.1) is 0 Å². The number of rotatable bonds is 4. The highest BCUT2D eigenvalue weighted by molar-refractivity contribution is 6.31. The number of aromatic nitrogens is 3. The maximum Gasteiger partial charge on any atom is 0.228 e. The van der Waals surface area contributed by atoms with Gasteiger partial charge >= 0.3 is 0 Å². The van der Waals surface area contributed by atoms with Crippen LogP contribution in [-0.2, 0) is 6.42 Å². The number of hydrogen-bond acceptors (Lipinski definition) is 4. The standard InChI is InChI=1S/C12H12Cl2N4/c1-8(7-9-5-3-2-4-6-9)15-12-17-10(13)16-11(14)18-12/h2-6,8H,7H2,1H3,(H,15,16,17,18). The second-order valence-corrected chi connectivity index (χ2v) is 4.61. The summed E-state index contributed by atoms with van der Waals surface area (Å²) >= 11 is 11.4. The molecule has 0 aliphatic rings. The van der Waals surface area contributed by atoms with Gasteiger partial charge in [0.2, 0.25) is 16.5 Å². The number of halogens is 2. The van der Waals surface area contributed by atoms with Crippen molar-refractivity contribution in [2.75, 3.05) is 5.32 Å². The molecule has 1 N–H and O–H groups in total.